The number of aromatic nitrogens is 2. The van der Waals surface area contributed by atoms with Gasteiger partial charge in [-0.3, -0.25) is 0 Å². The minimum absolute atomic E-state index is 0.111. The number of hydrogen-bond acceptors (Lipinski definition) is 5. The molecule has 0 unspecified atom stereocenters. The fraction of sp³-hybridized carbons (Fsp3) is 0.500. The van der Waals surface area contributed by atoms with Gasteiger partial charge in [-0.25, -0.2) is 4.63 Å². The highest BCUT2D eigenvalue weighted by molar-refractivity contribution is 7.80. The lowest BCUT2D eigenvalue weighted by molar-refractivity contribution is 0.315. The summed E-state index contributed by atoms with van der Waals surface area (Å²) in [5.74, 6) is 0.605. The van der Waals surface area contributed by atoms with E-state index in [1.165, 1.54) is 0 Å². The first kappa shape index (κ1) is 14.5. The minimum Gasteiger partial charge on any atom is -0.450 e. The molecule has 2 aromatic rings. The summed E-state index contributed by atoms with van der Waals surface area (Å²) in [5, 5.41) is 17.2. The predicted molar refractivity (Wildman–Crippen MR) is 86.4 cm³/mol. The van der Waals surface area contributed by atoms with E-state index in [0.717, 1.165) is 53.6 Å². The highest BCUT2D eigenvalue weighted by atomic mass is 32.1. The van der Waals surface area contributed by atoms with Gasteiger partial charge in [0, 0.05) is 19.2 Å². The van der Waals surface area contributed by atoms with Gasteiger partial charge < -0.3 is 9.92 Å². The van der Waals surface area contributed by atoms with E-state index < -0.39 is 0 Å². The van der Waals surface area contributed by atoms with E-state index >= 15 is 0 Å². The maximum atomic E-state index is 9.57. The number of nitrogens with zero attached hydrogens (tertiary/aromatic N) is 3. The summed E-state index contributed by atoms with van der Waals surface area (Å²) in [6, 6.07) is 5.74. The van der Waals surface area contributed by atoms with Gasteiger partial charge in [0.2, 0.25) is 0 Å². The molecule has 1 aromatic carbocycles. The molecule has 0 atom stereocenters. The Balaban J connectivity index is 1.66. The van der Waals surface area contributed by atoms with E-state index in [9.17, 15) is 5.02 Å². The molecule has 1 aromatic heterocycles. The molecule has 2 heterocycles. The monoisotopic (exact) mass is 303 g/mol. The van der Waals surface area contributed by atoms with Gasteiger partial charge in [0.05, 0.1) is 0 Å². The molecule has 21 heavy (non-hydrogen) atoms. The van der Waals surface area contributed by atoms with Crippen LogP contribution in [0.2, 0.25) is 12.6 Å². The van der Waals surface area contributed by atoms with Crippen molar-refractivity contribution in [3.05, 3.63) is 23.8 Å². The van der Waals surface area contributed by atoms with Crippen LogP contribution in [0.25, 0.3) is 11.0 Å². The Hall–Kier alpha value is -1.47. The van der Waals surface area contributed by atoms with E-state index in [1.807, 2.05) is 25.2 Å². The average Bonchev–Trinajstić information content (AvgIpc) is 2.96. The van der Waals surface area contributed by atoms with Crippen LogP contribution >= 0.6 is 12.2 Å². The first-order chi connectivity index (χ1) is 10.1. The maximum Gasteiger partial charge on any atom is 0.288 e. The summed E-state index contributed by atoms with van der Waals surface area (Å²) in [4.78, 5) is 2.93. The maximum absolute atomic E-state index is 9.57. The Labute approximate surface area is 129 Å². The average molecular weight is 303 g/mol. The number of hydrogen-bond donors (Lipinski definition) is 1. The van der Waals surface area contributed by atoms with Gasteiger partial charge in [-0.05, 0) is 47.1 Å². The van der Waals surface area contributed by atoms with Crippen LogP contribution in [0.3, 0.4) is 0 Å². The number of benzene rings is 1. The van der Waals surface area contributed by atoms with Gasteiger partial charge in [0.1, 0.15) is 16.0 Å². The van der Waals surface area contributed by atoms with Gasteiger partial charge in [-0.1, -0.05) is 25.1 Å². The zero-order valence-corrected chi connectivity index (χ0v) is 12.8. The summed E-state index contributed by atoms with van der Waals surface area (Å²) in [7, 11) is 2.03. The largest absolute Gasteiger partial charge is 0.450 e. The summed E-state index contributed by atoms with van der Waals surface area (Å²) in [6.45, 7) is 0.821. The molecule has 0 radical (unpaired) electrons. The van der Waals surface area contributed by atoms with Crippen molar-refractivity contribution < 1.29 is 9.65 Å². The number of rotatable bonds is 3. The van der Waals surface area contributed by atoms with Crippen LogP contribution in [-0.4, -0.2) is 45.7 Å². The van der Waals surface area contributed by atoms with Crippen molar-refractivity contribution in [1.29, 1.82) is 0 Å². The molecule has 0 spiro atoms. The SMILES string of the molecule is CN(CC1CCB(O)CC1)C(=S)c1ccc2nonc2c1. The molecule has 0 amide bonds. The van der Waals surface area contributed by atoms with Crippen LogP contribution in [0.5, 0.6) is 0 Å². The van der Waals surface area contributed by atoms with E-state index in [4.69, 9.17) is 16.8 Å². The van der Waals surface area contributed by atoms with Crippen molar-refractivity contribution in [2.24, 2.45) is 5.92 Å². The molecule has 0 bridgehead atoms. The lowest BCUT2D eigenvalue weighted by Gasteiger charge is -2.29. The zero-order chi connectivity index (χ0) is 14.8. The van der Waals surface area contributed by atoms with Crippen molar-refractivity contribution >= 4 is 35.2 Å². The number of thiocarbonyl (C=S) groups is 1. The molecule has 1 aliphatic heterocycles. The van der Waals surface area contributed by atoms with Gasteiger partial charge in [0.25, 0.3) is 6.92 Å². The van der Waals surface area contributed by atoms with Crippen molar-refractivity contribution in [2.45, 2.75) is 25.5 Å². The molecule has 1 fully saturated rings. The zero-order valence-electron chi connectivity index (χ0n) is 12.0. The lowest BCUT2D eigenvalue weighted by atomic mass is 9.54. The molecule has 1 N–H and O–H groups in total. The van der Waals surface area contributed by atoms with Crippen molar-refractivity contribution in [1.82, 2.24) is 15.2 Å². The highest BCUT2D eigenvalue weighted by Crippen LogP contribution is 2.25. The van der Waals surface area contributed by atoms with Crippen LogP contribution in [0.15, 0.2) is 22.8 Å². The second-order valence-electron chi connectivity index (χ2n) is 5.83. The smallest absolute Gasteiger partial charge is 0.288 e. The molecule has 1 aliphatic rings. The first-order valence-electron chi connectivity index (χ1n) is 7.29. The minimum atomic E-state index is -0.111. The molecular formula is C14H18BN3O2S. The van der Waals surface area contributed by atoms with Gasteiger partial charge in [-0.2, -0.15) is 0 Å². The van der Waals surface area contributed by atoms with Gasteiger partial charge in [-0.15, -0.1) is 0 Å². The first-order valence-corrected chi connectivity index (χ1v) is 7.70. The summed E-state index contributed by atoms with van der Waals surface area (Å²) < 4.78 is 4.71. The van der Waals surface area contributed by atoms with Gasteiger partial charge >= 0.3 is 0 Å². The van der Waals surface area contributed by atoms with Crippen LogP contribution in [0, 0.1) is 5.92 Å². The summed E-state index contributed by atoms with van der Waals surface area (Å²) in [6.07, 6.45) is 3.95. The number of fused-ring (bicyclic) bond motifs is 1. The highest BCUT2D eigenvalue weighted by Gasteiger charge is 2.24. The standard InChI is InChI=1S/C14H18BN3O2S/c1-18(9-10-4-6-15(19)7-5-10)14(21)11-2-3-12-13(8-11)17-20-16-12/h2-3,8,10,19H,4-7,9H2,1H3. The van der Waals surface area contributed by atoms with Crippen LogP contribution in [0.1, 0.15) is 18.4 Å². The summed E-state index contributed by atoms with van der Waals surface area (Å²) in [5.41, 5.74) is 2.43. The third-order valence-electron chi connectivity index (χ3n) is 4.20. The topological polar surface area (TPSA) is 62.4 Å². The fourth-order valence-electron chi connectivity index (χ4n) is 2.93. The van der Waals surface area contributed by atoms with E-state index in [2.05, 4.69) is 15.2 Å². The Morgan fingerprint density at radius 1 is 1.38 bits per heavy atom. The molecule has 7 heteroatoms. The molecule has 5 nitrogen and oxygen atoms in total. The molecule has 1 saturated heterocycles. The molecule has 110 valence electrons. The third-order valence-corrected chi connectivity index (χ3v) is 4.74. The quantitative estimate of drug-likeness (QED) is 0.693. The Bertz CT molecular complexity index is 640. The second kappa shape index (κ2) is 6.11. The van der Waals surface area contributed by atoms with Crippen LogP contribution in [0.4, 0.5) is 0 Å². The van der Waals surface area contributed by atoms with E-state index in [-0.39, 0.29) is 6.92 Å². The van der Waals surface area contributed by atoms with E-state index in [0.29, 0.717) is 5.92 Å². The van der Waals surface area contributed by atoms with Crippen LogP contribution in [-0.2, 0) is 0 Å². The Morgan fingerprint density at radius 2 is 2.10 bits per heavy atom. The molecule has 3 rings (SSSR count). The normalized spacial score (nSPS) is 16.4. The fourth-order valence-corrected chi connectivity index (χ4v) is 3.13. The van der Waals surface area contributed by atoms with Crippen LogP contribution < -0.4 is 0 Å². The third kappa shape index (κ3) is 3.24. The Morgan fingerprint density at radius 3 is 2.86 bits per heavy atom. The summed E-state index contributed by atoms with van der Waals surface area (Å²) >= 11 is 5.57. The molecule has 0 aliphatic carbocycles. The van der Waals surface area contributed by atoms with E-state index in [1.54, 1.807) is 0 Å². The Kier molecular flexibility index (Phi) is 4.21. The van der Waals surface area contributed by atoms with Gasteiger partial charge in [0.15, 0.2) is 0 Å². The predicted octanol–water partition coefficient (Wildman–Crippen LogP) is 2.22. The molecular weight excluding hydrogens is 285 g/mol. The lowest BCUT2D eigenvalue weighted by Crippen LogP contribution is -2.34. The van der Waals surface area contributed by atoms with Crippen molar-refractivity contribution in [3.8, 4) is 0 Å². The van der Waals surface area contributed by atoms with Crippen molar-refractivity contribution in [2.75, 3.05) is 13.6 Å². The molecule has 0 saturated carbocycles. The second-order valence-corrected chi connectivity index (χ2v) is 6.21. The van der Waals surface area contributed by atoms with Crippen molar-refractivity contribution in [3.63, 3.8) is 0 Å².